The standard InChI is InChI=1S/C21H20N2O3/c1-13(14-7-3-2-4-8-14)22-20(25)17-19(24)16-11-5-9-15-10-6-12-23(18(15)16)21(17)26/h2-5,7-9,11,13,24H,6,10,12H2,1H3,(H,22,25)/t13-/m0/s1. The Kier molecular flexibility index (Phi) is 3.99. The maximum absolute atomic E-state index is 12.9. The Morgan fingerprint density at radius 2 is 1.92 bits per heavy atom. The summed E-state index contributed by atoms with van der Waals surface area (Å²) in [6.45, 7) is 2.41. The summed E-state index contributed by atoms with van der Waals surface area (Å²) >= 11 is 0. The van der Waals surface area contributed by atoms with E-state index in [4.69, 9.17) is 0 Å². The number of para-hydroxylation sites is 1. The van der Waals surface area contributed by atoms with E-state index in [2.05, 4.69) is 5.32 Å². The number of pyridine rings is 1. The molecule has 1 aromatic heterocycles. The molecule has 0 aliphatic carbocycles. The molecule has 2 N–H and O–H groups in total. The van der Waals surface area contributed by atoms with Crippen molar-refractivity contribution in [2.75, 3.05) is 0 Å². The second kappa shape index (κ2) is 6.33. The second-order valence-electron chi connectivity index (χ2n) is 6.70. The van der Waals surface area contributed by atoms with E-state index in [0.717, 1.165) is 29.5 Å². The molecule has 1 atom stereocenters. The number of amides is 1. The number of carbonyl (C=O) groups excluding carboxylic acids is 1. The first-order valence-electron chi connectivity index (χ1n) is 8.81. The van der Waals surface area contributed by atoms with Crippen molar-refractivity contribution in [1.82, 2.24) is 9.88 Å². The summed E-state index contributed by atoms with van der Waals surface area (Å²) in [6, 6.07) is 14.8. The average molecular weight is 348 g/mol. The van der Waals surface area contributed by atoms with Gasteiger partial charge in [0.1, 0.15) is 11.3 Å². The highest BCUT2D eigenvalue weighted by molar-refractivity contribution is 6.03. The quantitative estimate of drug-likeness (QED) is 0.764. The fraction of sp³-hybridized carbons (Fsp3) is 0.238. The van der Waals surface area contributed by atoms with Crippen LogP contribution < -0.4 is 10.9 Å². The molecule has 0 spiro atoms. The van der Waals surface area contributed by atoms with Gasteiger partial charge in [-0.15, -0.1) is 0 Å². The van der Waals surface area contributed by atoms with Gasteiger partial charge >= 0.3 is 0 Å². The number of nitrogens with zero attached hydrogens (tertiary/aromatic N) is 1. The molecule has 1 aliphatic rings. The molecule has 0 radical (unpaired) electrons. The Hall–Kier alpha value is -3.08. The number of hydrogen-bond acceptors (Lipinski definition) is 3. The SMILES string of the molecule is C[C@H](NC(=O)c1c(O)c2cccc3c2n(c1=O)CCC3)c1ccccc1. The summed E-state index contributed by atoms with van der Waals surface area (Å²) in [7, 11) is 0. The van der Waals surface area contributed by atoms with Gasteiger partial charge < -0.3 is 15.0 Å². The number of aryl methyl sites for hydroxylation is 2. The van der Waals surface area contributed by atoms with Crippen LogP contribution in [-0.2, 0) is 13.0 Å². The van der Waals surface area contributed by atoms with Crippen LogP contribution in [0.15, 0.2) is 53.3 Å². The highest BCUT2D eigenvalue weighted by Crippen LogP contribution is 2.31. The highest BCUT2D eigenvalue weighted by Gasteiger charge is 2.25. The molecule has 1 amide bonds. The van der Waals surface area contributed by atoms with E-state index in [9.17, 15) is 14.7 Å². The summed E-state index contributed by atoms with van der Waals surface area (Å²) in [6.07, 6.45) is 1.71. The van der Waals surface area contributed by atoms with Crippen LogP contribution in [0.3, 0.4) is 0 Å². The van der Waals surface area contributed by atoms with E-state index in [1.54, 1.807) is 10.6 Å². The Bertz CT molecular complexity index is 1050. The van der Waals surface area contributed by atoms with Crippen molar-refractivity contribution in [3.63, 3.8) is 0 Å². The number of carbonyl (C=O) groups is 1. The van der Waals surface area contributed by atoms with Crippen molar-refractivity contribution < 1.29 is 9.90 Å². The molecule has 5 heteroatoms. The van der Waals surface area contributed by atoms with Gasteiger partial charge in [-0.05, 0) is 37.0 Å². The Morgan fingerprint density at radius 3 is 2.69 bits per heavy atom. The number of nitrogens with one attached hydrogen (secondary N) is 1. The molecule has 3 aromatic rings. The van der Waals surface area contributed by atoms with Gasteiger partial charge in [0.25, 0.3) is 11.5 Å². The van der Waals surface area contributed by atoms with Crippen LogP contribution in [0.25, 0.3) is 10.9 Å². The van der Waals surface area contributed by atoms with E-state index >= 15 is 0 Å². The Morgan fingerprint density at radius 1 is 1.15 bits per heavy atom. The molecule has 2 aromatic carbocycles. The van der Waals surface area contributed by atoms with Gasteiger partial charge in [0.15, 0.2) is 0 Å². The number of benzene rings is 2. The van der Waals surface area contributed by atoms with E-state index < -0.39 is 11.5 Å². The van der Waals surface area contributed by atoms with Gasteiger partial charge in [-0.2, -0.15) is 0 Å². The molecule has 4 rings (SSSR count). The lowest BCUT2D eigenvalue weighted by Crippen LogP contribution is -2.35. The molecule has 1 aliphatic heterocycles. The maximum atomic E-state index is 12.9. The van der Waals surface area contributed by atoms with E-state index in [1.807, 2.05) is 49.4 Å². The fourth-order valence-electron chi connectivity index (χ4n) is 3.71. The van der Waals surface area contributed by atoms with Crippen LogP contribution in [0, 0.1) is 0 Å². The molecular formula is C21H20N2O3. The smallest absolute Gasteiger partial charge is 0.267 e. The summed E-state index contributed by atoms with van der Waals surface area (Å²) in [4.78, 5) is 25.7. The fourth-order valence-corrected chi connectivity index (χ4v) is 3.71. The Labute approximate surface area is 150 Å². The number of rotatable bonds is 3. The third-order valence-corrected chi connectivity index (χ3v) is 5.04. The van der Waals surface area contributed by atoms with Gasteiger partial charge in [0.05, 0.1) is 11.6 Å². The van der Waals surface area contributed by atoms with Crippen molar-refractivity contribution in [3.05, 3.63) is 75.6 Å². The first-order chi connectivity index (χ1) is 12.6. The largest absolute Gasteiger partial charge is 0.506 e. The predicted molar refractivity (Wildman–Crippen MR) is 101 cm³/mol. The van der Waals surface area contributed by atoms with E-state index in [0.29, 0.717) is 11.9 Å². The van der Waals surface area contributed by atoms with Crippen LogP contribution in [0.5, 0.6) is 5.75 Å². The molecule has 26 heavy (non-hydrogen) atoms. The average Bonchev–Trinajstić information content (AvgIpc) is 2.66. The van der Waals surface area contributed by atoms with Crippen LogP contribution in [0.4, 0.5) is 0 Å². The summed E-state index contributed by atoms with van der Waals surface area (Å²) in [5.41, 5.74) is 2.10. The zero-order chi connectivity index (χ0) is 18.3. The van der Waals surface area contributed by atoms with Crippen LogP contribution in [0.1, 0.15) is 40.9 Å². The van der Waals surface area contributed by atoms with Gasteiger partial charge in [-0.25, -0.2) is 0 Å². The lowest BCUT2D eigenvalue weighted by atomic mass is 9.99. The van der Waals surface area contributed by atoms with Crippen LogP contribution in [-0.4, -0.2) is 15.6 Å². The monoisotopic (exact) mass is 348 g/mol. The van der Waals surface area contributed by atoms with Crippen molar-refractivity contribution in [3.8, 4) is 5.75 Å². The zero-order valence-corrected chi connectivity index (χ0v) is 14.5. The van der Waals surface area contributed by atoms with E-state index in [-0.39, 0.29) is 17.4 Å². The van der Waals surface area contributed by atoms with E-state index in [1.165, 1.54) is 0 Å². The first-order valence-corrected chi connectivity index (χ1v) is 8.81. The molecule has 0 unspecified atom stereocenters. The molecular weight excluding hydrogens is 328 g/mol. The normalized spacial score (nSPS) is 14.2. The third-order valence-electron chi connectivity index (χ3n) is 5.04. The lowest BCUT2D eigenvalue weighted by molar-refractivity contribution is 0.0935. The summed E-state index contributed by atoms with van der Waals surface area (Å²) in [5.74, 6) is -0.784. The minimum atomic E-state index is -0.550. The highest BCUT2D eigenvalue weighted by atomic mass is 16.3. The number of hydrogen-bond donors (Lipinski definition) is 2. The molecule has 132 valence electrons. The number of aromatic hydroxyl groups is 1. The summed E-state index contributed by atoms with van der Waals surface area (Å²) < 4.78 is 1.62. The van der Waals surface area contributed by atoms with Gasteiger partial charge in [-0.3, -0.25) is 9.59 Å². The van der Waals surface area contributed by atoms with Crippen LogP contribution >= 0.6 is 0 Å². The third kappa shape index (κ3) is 2.56. The number of aromatic nitrogens is 1. The minimum Gasteiger partial charge on any atom is -0.506 e. The topological polar surface area (TPSA) is 71.3 Å². The Balaban J connectivity index is 1.80. The molecule has 5 nitrogen and oxygen atoms in total. The van der Waals surface area contributed by atoms with Crippen molar-refractivity contribution in [2.45, 2.75) is 32.4 Å². The van der Waals surface area contributed by atoms with Crippen molar-refractivity contribution >= 4 is 16.8 Å². The van der Waals surface area contributed by atoms with Crippen molar-refractivity contribution in [2.24, 2.45) is 0 Å². The van der Waals surface area contributed by atoms with Gasteiger partial charge in [0.2, 0.25) is 0 Å². The molecule has 0 bridgehead atoms. The molecule has 2 heterocycles. The van der Waals surface area contributed by atoms with Gasteiger partial charge in [0, 0.05) is 11.9 Å². The molecule has 0 saturated heterocycles. The lowest BCUT2D eigenvalue weighted by Gasteiger charge is -2.22. The first kappa shape index (κ1) is 16.4. The van der Waals surface area contributed by atoms with Crippen molar-refractivity contribution in [1.29, 1.82) is 0 Å². The zero-order valence-electron chi connectivity index (χ0n) is 14.5. The van der Waals surface area contributed by atoms with Gasteiger partial charge in [-0.1, -0.05) is 42.5 Å². The maximum Gasteiger partial charge on any atom is 0.267 e. The molecule has 0 saturated carbocycles. The molecule has 0 fully saturated rings. The summed E-state index contributed by atoms with van der Waals surface area (Å²) in [5, 5.41) is 14.1. The second-order valence-corrected chi connectivity index (χ2v) is 6.70. The minimum absolute atomic E-state index is 0.181. The predicted octanol–water partition coefficient (Wildman–Crippen LogP) is 3.14. The van der Waals surface area contributed by atoms with Crippen LogP contribution in [0.2, 0.25) is 0 Å².